The molecule has 0 aromatic heterocycles. The molecule has 0 bridgehead atoms. The number of rotatable bonds is 7. The fourth-order valence-electron chi connectivity index (χ4n) is 8.27. The molecule has 10 heteroatoms. The third-order valence-electron chi connectivity index (χ3n) is 10.1. The van der Waals surface area contributed by atoms with E-state index >= 15 is 0 Å². The summed E-state index contributed by atoms with van der Waals surface area (Å²) in [5.74, 6) is -3.87. The number of aliphatic hydroxyl groups is 2. The van der Waals surface area contributed by atoms with Crippen LogP contribution in [0.15, 0.2) is 42.5 Å². The molecule has 0 amide bonds. The Hall–Kier alpha value is -3.47. The van der Waals surface area contributed by atoms with Crippen molar-refractivity contribution in [2.45, 2.75) is 90.0 Å². The van der Waals surface area contributed by atoms with Gasteiger partial charge in [-0.05, 0) is 30.0 Å². The number of carbonyl (C=O) groups excluding carboxylic acids is 3. The van der Waals surface area contributed by atoms with Crippen molar-refractivity contribution in [2.75, 3.05) is 6.61 Å². The molecule has 10 nitrogen and oxygen atoms in total. The molecule has 0 saturated heterocycles. The average Bonchev–Trinajstić information content (AvgIpc) is 3.33. The highest BCUT2D eigenvalue weighted by molar-refractivity contribution is 5.69. The van der Waals surface area contributed by atoms with E-state index in [4.69, 9.17) is 18.9 Å². The highest BCUT2D eigenvalue weighted by atomic mass is 16.6. The number of hydrogen-bond acceptors (Lipinski definition) is 10. The number of aromatic hydroxyl groups is 1. The van der Waals surface area contributed by atoms with Crippen LogP contribution in [0.1, 0.15) is 56.9 Å². The lowest BCUT2D eigenvalue weighted by Crippen LogP contribution is -2.77. The van der Waals surface area contributed by atoms with Gasteiger partial charge in [-0.1, -0.05) is 56.3 Å². The Morgan fingerprint density at radius 1 is 0.977 bits per heavy atom. The molecule has 0 spiro atoms. The molecule has 2 saturated carbocycles. The van der Waals surface area contributed by atoms with Crippen LogP contribution in [0, 0.1) is 24.2 Å². The van der Waals surface area contributed by atoms with Crippen molar-refractivity contribution in [3.8, 4) is 5.75 Å². The maximum atomic E-state index is 12.9. The third kappa shape index (κ3) is 4.53. The Balaban J connectivity index is 1.76. The number of fused-ring (bicyclic) bond motifs is 4. The quantitative estimate of drug-likeness (QED) is 0.322. The minimum Gasteiger partial charge on any atom is -0.507 e. The van der Waals surface area contributed by atoms with Gasteiger partial charge in [-0.2, -0.15) is 0 Å². The van der Waals surface area contributed by atoms with E-state index in [1.807, 2.05) is 36.4 Å². The van der Waals surface area contributed by atoms with Crippen LogP contribution in [0.5, 0.6) is 5.75 Å². The van der Waals surface area contributed by atoms with Gasteiger partial charge >= 0.3 is 17.9 Å². The van der Waals surface area contributed by atoms with E-state index in [1.54, 1.807) is 26.8 Å². The standard InChI is InChI=1S/C33H40O10/c1-17-12-13-23-14-32(16-41-19(3)34)28(38)25-27(40-15-22-10-8-7-9-11-22)18(2)29(42-20(4)35)33(25,39)30(43-21(5)36)31(32,6)24(23)26(17)37/h7-13,18,25,27-30,37-39H,14-16H2,1-6H3/t18-,25-,27+,28-,29-,30-,31-,32-,33+/m1/s1. The minimum atomic E-state index is -2.16. The molecule has 9 atom stereocenters. The highest BCUT2D eigenvalue weighted by Crippen LogP contribution is 2.69. The van der Waals surface area contributed by atoms with Crippen molar-refractivity contribution < 1.29 is 48.7 Å². The van der Waals surface area contributed by atoms with Crippen LogP contribution in [0.2, 0.25) is 0 Å². The van der Waals surface area contributed by atoms with Crippen LogP contribution in [0.4, 0.5) is 0 Å². The van der Waals surface area contributed by atoms with Gasteiger partial charge in [0.15, 0.2) is 0 Å². The Kier molecular flexibility index (Phi) is 7.86. The molecule has 2 aromatic carbocycles. The van der Waals surface area contributed by atoms with Crippen LogP contribution in [-0.4, -0.2) is 69.9 Å². The van der Waals surface area contributed by atoms with Crippen LogP contribution in [0.3, 0.4) is 0 Å². The smallest absolute Gasteiger partial charge is 0.303 e. The topological polar surface area (TPSA) is 149 Å². The van der Waals surface area contributed by atoms with E-state index in [9.17, 15) is 29.7 Å². The maximum Gasteiger partial charge on any atom is 0.303 e. The van der Waals surface area contributed by atoms with Gasteiger partial charge in [0.05, 0.1) is 18.8 Å². The number of ether oxygens (including phenoxy) is 4. The summed E-state index contributed by atoms with van der Waals surface area (Å²) in [7, 11) is 0. The summed E-state index contributed by atoms with van der Waals surface area (Å²) in [6.07, 6.45) is -4.87. The number of benzene rings is 2. The molecule has 0 aliphatic heterocycles. The lowest BCUT2D eigenvalue weighted by molar-refractivity contribution is -0.284. The Labute approximate surface area is 250 Å². The van der Waals surface area contributed by atoms with Gasteiger partial charge in [0.2, 0.25) is 0 Å². The summed E-state index contributed by atoms with van der Waals surface area (Å²) in [5, 5.41) is 37.0. The molecule has 3 aliphatic carbocycles. The molecule has 43 heavy (non-hydrogen) atoms. The van der Waals surface area contributed by atoms with Crippen molar-refractivity contribution in [1.29, 1.82) is 0 Å². The molecule has 0 radical (unpaired) electrons. The zero-order chi connectivity index (χ0) is 31.5. The molecular weight excluding hydrogens is 556 g/mol. The van der Waals surface area contributed by atoms with Crippen molar-refractivity contribution in [1.82, 2.24) is 0 Å². The number of carbonyl (C=O) groups is 3. The van der Waals surface area contributed by atoms with Crippen LogP contribution < -0.4 is 0 Å². The monoisotopic (exact) mass is 596 g/mol. The van der Waals surface area contributed by atoms with Crippen molar-refractivity contribution in [3.63, 3.8) is 0 Å². The number of aryl methyl sites for hydroxylation is 1. The van der Waals surface area contributed by atoms with Gasteiger partial charge in [-0.15, -0.1) is 0 Å². The summed E-state index contributed by atoms with van der Waals surface area (Å²) in [6, 6.07) is 12.9. The first-order valence-corrected chi connectivity index (χ1v) is 14.6. The first-order valence-electron chi connectivity index (χ1n) is 14.6. The number of esters is 3. The third-order valence-corrected chi connectivity index (χ3v) is 10.1. The molecule has 2 fully saturated rings. The van der Waals surface area contributed by atoms with Crippen LogP contribution in [0.25, 0.3) is 0 Å². The lowest BCUT2D eigenvalue weighted by atomic mass is 9.47. The molecule has 3 N–H and O–H groups in total. The maximum absolute atomic E-state index is 12.9. The largest absolute Gasteiger partial charge is 0.507 e. The van der Waals surface area contributed by atoms with Gasteiger partial charge in [-0.25, -0.2) is 0 Å². The first-order chi connectivity index (χ1) is 20.2. The number of hydrogen-bond donors (Lipinski definition) is 3. The van der Waals surface area contributed by atoms with E-state index in [1.165, 1.54) is 20.8 Å². The van der Waals surface area contributed by atoms with E-state index in [2.05, 4.69) is 0 Å². The average molecular weight is 597 g/mol. The fraction of sp³-hybridized carbons (Fsp3) is 0.545. The molecule has 2 aromatic rings. The molecule has 0 unspecified atom stereocenters. The molecule has 5 rings (SSSR count). The zero-order valence-corrected chi connectivity index (χ0v) is 25.3. The van der Waals surface area contributed by atoms with E-state index in [-0.39, 0.29) is 25.4 Å². The van der Waals surface area contributed by atoms with Gasteiger partial charge in [0.1, 0.15) is 30.2 Å². The first kappa shape index (κ1) is 31.0. The molecule has 232 valence electrons. The molecule has 3 aliphatic rings. The highest BCUT2D eigenvalue weighted by Gasteiger charge is 2.81. The van der Waals surface area contributed by atoms with E-state index in [0.717, 1.165) is 5.56 Å². The molecule has 0 heterocycles. The summed E-state index contributed by atoms with van der Waals surface area (Å²) in [6.45, 7) is 8.68. The fourth-order valence-corrected chi connectivity index (χ4v) is 8.27. The van der Waals surface area contributed by atoms with Gasteiger partial charge < -0.3 is 34.3 Å². The number of phenolic OH excluding ortho intramolecular Hbond substituents is 1. The molecular formula is C33H40O10. The summed E-state index contributed by atoms with van der Waals surface area (Å²) in [4.78, 5) is 37.5. The normalized spacial score (nSPS) is 35.8. The van der Waals surface area contributed by atoms with Crippen LogP contribution >= 0.6 is 0 Å². The lowest BCUT2D eigenvalue weighted by Gasteiger charge is -2.61. The summed E-state index contributed by atoms with van der Waals surface area (Å²) >= 11 is 0. The predicted molar refractivity (Wildman–Crippen MR) is 153 cm³/mol. The van der Waals surface area contributed by atoms with Crippen molar-refractivity contribution >= 4 is 17.9 Å². The summed E-state index contributed by atoms with van der Waals surface area (Å²) in [5.41, 5.74) is -2.63. The Morgan fingerprint density at radius 3 is 2.23 bits per heavy atom. The SMILES string of the molecule is CC(=O)OC[C@@]12Cc3ccc(C)c(O)c3[C@]1(C)[C@@H](OC(C)=O)[C@]1(O)[C@H]([C@@H](OCc3ccccc3)[C@@H](C)[C@H]1OC(C)=O)[C@H]2O. The van der Waals surface area contributed by atoms with E-state index in [0.29, 0.717) is 16.7 Å². The van der Waals surface area contributed by atoms with Gasteiger partial charge in [-0.3, -0.25) is 14.4 Å². The predicted octanol–water partition coefficient (Wildman–Crippen LogP) is 2.88. The van der Waals surface area contributed by atoms with Crippen molar-refractivity contribution in [2.24, 2.45) is 17.3 Å². The minimum absolute atomic E-state index is 0.0805. The Bertz CT molecular complexity index is 1420. The Morgan fingerprint density at radius 2 is 1.63 bits per heavy atom. The van der Waals surface area contributed by atoms with Crippen molar-refractivity contribution in [3.05, 3.63) is 64.7 Å². The van der Waals surface area contributed by atoms with Crippen LogP contribution in [-0.2, 0) is 51.8 Å². The second kappa shape index (κ2) is 10.9. The van der Waals surface area contributed by atoms with E-state index < -0.39 is 70.6 Å². The summed E-state index contributed by atoms with van der Waals surface area (Å²) < 4.78 is 23.9. The second-order valence-corrected chi connectivity index (χ2v) is 12.6. The van der Waals surface area contributed by atoms with Gasteiger partial charge in [0.25, 0.3) is 0 Å². The zero-order valence-electron chi connectivity index (χ0n) is 25.3. The number of aliphatic hydroxyl groups excluding tert-OH is 1. The van der Waals surface area contributed by atoms with Gasteiger partial charge in [0, 0.05) is 49.0 Å². The number of phenols is 1. The second-order valence-electron chi connectivity index (χ2n) is 12.6.